The van der Waals surface area contributed by atoms with Gasteiger partial charge in [0.05, 0.1) is 6.54 Å². The van der Waals surface area contributed by atoms with E-state index in [0.717, 1.165) is 6.54 Å². The average Bonchev–Trinajstić information content (AvgIpc) is 2.28. The Bertz CT molecular complexity index is 441. The molecule has 0 aliphatic carbocycles. The van der Waals surface area contributed by atoms with Gasteiger partial charge in [0.25, 0.3) is 0 Å². The predicted molar refractivity (Wildman–Crippen MR) is 75.6 cm³/mol. The van der Waals surface area contributed by atoms with Gasteiger partial charge in [-0.3, -0.25) is 9.69 Å². The number of rotatable bonds is 7. The number of benzene rings is 1. The first-order chi connectivity index (χ1) is 8.88. The molecule has 1 aromatic carbocycles. The monoisotopic (exact) mass is 332 g/mol. The third kappa shape index (κ3) is 6.13. The standard InChI is InChI=1S/C13H18BrFN2O2/c1-16(2)5-6-17(9-13(18)19)8-10-3-4-11(14)7-12(10)15/h3-4,7H,5-6,8-9H2,1-2H3,(H,18,19). The van der Waals surface area contributed by atoms with Gasteiger partial charge in [-0.25, -0.2) is 4.39 Å². The van der Waals surface area contributed by atoms with Crippen LogP contribution < -0.4 is 0 Å². The van der Waals surface area contributed by atoms with E-state index in [9.17, 15) is 9.18 Å². The molecule has 19 heavy (non-hydrogen) atoms. The van der Waals surface area contributed by atoms with Crippen molar-refractivity contribution in [1.82, 2.24) is 9.80 Å². The van der Waals surface area contributed by atoms with Crippen molar-refractivity contribution in [2.24, 2.45) is 0 Å². The fourth-order valence-corrected chi connectivity index (χ4v) is 1.97. The van der Waals surface area contributed by atoms with Crippen LogP contribution in [0.25, 0.3) is 0 Å². The lowest BCUT2D eigenvalue weighted by Crippen LogP contribution is -2.35. The van der Waals surface area contributed by atoms with Crippen molar-refractivity contribution in [1.29, 1.82) is 0 Å². The summed E-state index contributed by atoms with van der Waals surface area (Å²) in [7, 11) is 3.83. The molecule has 0 fully saturated rings. The zero-order valence-corrected chi connectivity index (χ0v) is 12.7. The molecule has 0 saturated heterocycles. The molecule has 0 unspecified atom stereocenters. The Kier molecular flexibility index (Phi) is 6.41. The van der Waals surface area contributed by atoms with E-state index in [1.807, 2.05) is 19.0 Å². The Balaban J connectivity index is 2.72. The van der Waals surface area contributed by atoms with Gasteiger partial charge in [0.15, 0.2) is 0 Å². The van der Waals surface area contributed by atoms with Crippen LogP contribution in [0.15, 0.2) is 22.7 Å². The zero-order valence-electron chi connectivity index (χ0n) is 11.1. The van der Waals surface area contributed by atoms with E-state index >= 15 is 0 Å². The van der Waals surface area contributed by atoms with Gasteiger partial charge in [-0.15, -0.1) is 0 Å². The summed E-state index contributed by atoms with van der Waals surface area (Å²) in [5.74, 6) is -1.23. The normalized spacial score (nSPS) is 11.3. The smallest absolute Gasteiger partial charge is 0.317 e. The van der Waals surface area contributed by atoms with E-state index in [2.05, 4.69) is 15.9 Å². The molecule has 0 aliphatic heterocycles. The van der Waals surface area contributed by atoms with Crippen LogP contribution in [0.3, 0.4) is 0 Å². The number of likely N-dealkylation sites (N-methyl/N-ethyl adjacent to an activating group) is 1. The molecule has 0 bridgehead atoms. The van der Waals surface area contributed by atoms with Crippen molar-refractivity contribution in [3.63, 3.8) is 0 Å². The van der Waals surface area contributed by atoms with Crippen LogP contribution in [0.2, 0.25) is 0 Å². The SMILES string of the molecule is CN(C)CCN(CC(=O)O)Cc1ccc(Br)cc1F. The summed E-state index contributed by atoms with van der Waals surface area (Å²) in [5.41, 5.74) is 0.503. The zero-order chi connectivity index (χ0) is 14.4. The van der Waals surface area contributed by atoms with E-state index in [1.54, 1.807) is 17.0 Å². The van der Waals surface area contributed by atoms with Crippen LogP contribution in [0, 0.1) is 5.82 Å². The van der Waals surface area contributed by atoms with Crippen LogP contribution in [0.1, 0.15) is 5.56 Å². The maximum Gasteiger partial charge on any atom is 0.317 e. The molecule has 1 aromatic rings. The maximum absolute atomic E-state index is 13.7. The lowest BCUT2D eigenvalue weighted by atomic mass is 10.2. The van der Waals surface area contributed by atoms with Gasteiger partial charge >= 0.3 is 5.97 Å². The van der Waals surface area contributed by atoms with Crippen LogP contribution in [0.5, 0.6) is 0 Å². The van der Waals surface area contributed by atoms with Gasteiger partial charge < -0.3 is 10.0 Å². The molecular formula is C13H18BrFN2O2. The van der Waals surface area contributed by atoms with Gasteiger partial charge in [0, 0.05) is 29.7 Å². The molecule has 0 spiro atoms. The Morgan fingerprint density at radius 2 is 2.05 bits per heavy atom. The summed E-state index contributed by atoms with van der Waals surface area (Å²) in [4.78, 5) is 14.5. The summed E-state index contributed by atoms with van der Waals surface area (Å²) < 4.78 is 14.4. The molecular weight excluding hydrogens is 315 g/mol. The van der Waals surface area contributed by atoms with E-state index in [4.69, 9.17) is 5.11 Å². The first kappa shape index (κ1) is 16.1. The Morgan fingerprint density at radius 3 is 2.58 bits per heavy atom. The second-order valence-corrected chi connectivity index (χ2v) is 5.56. The molecule has 0 radical (unpaired) electrons. The Morgan fingerprint density at radius 1 is 1.37 bits per heavy atom. The van der Waals surface area contributed by atoms with Gasteiger partial charge in [-0.2, -0.15) is 0 Å². The average molecular weight is 333 g/mol. The van der Waals surface area contributed by atoms with Gasteiger partial charge in [-0.1, -0.05) is 22.0 Å². The number of nitrogens with zero attached hydrogens (tertiary/aromatic N) is 2. The van der Waals surface area contributed by atoms with Crippen molar-refractivity contribution in [3.8, 4) is 0 Å². The van der Waals surface area contributed by atoms with E-state index in [0.29, 0.717) is 23.1 Å². The maximum atomic E-state index is 13.7. The molecule has 1 rings (SSSR count). The minimum atomic E-state index is -0.906. The Labute approximate surface area is 120 Å². The van der Waals surface area contributed by atoms with E-state index in [1.165, 1.54) is 6.07 Å². The lowest BCUT2D eigenvalue weighted by Gasteiger charge is -2.22. The molecule has 0 aromatic heterocycles. The van der Waals surface area contributed by atoms with Crippen molar-refractivity contribution in [2.75, 3.05) is 33.7 Å². The minimum Gasteiger partial charge on any atom is -0.480 e. The third-order valence-corrected chi connectivity index (χ3v) is 3.12. The molecule has 0 heterocycles. The molecule has 4 nitrogen and oxygen atoms in total. The third-order valence-electron chi connectivity index (χ3n) is 2.63. The summed E-state index contributed by atoms with van der Waals surface area (Å²) in [6.45, 7) is 1.50. The van der Waals surface area contributed by atoms with Crippen molar-refractivity contribution in [2.45, 2.75) is 6.54 Å². The second-order valence-electron chi connectivity index (χ2n) is 4.64. The van der Waals surface area contributed by atoms with Crippen LogP contribution in [-0.2, 0) is 11.3 Å². The summed E-state index contributed by atoms with van der Waals surface area (Å²) in [5, 5.41) is 8.88. The molecule has 6 heteroatoms. The predicted octanol–water partition coefficient (Wildman–Crippen LogP) is 2.04. The van der Waals surface area contributed by atoms with Crippen molar-refractivity contribution in [3.05, 3.63) is 34.1 Å². The summed E-state index contributed by atoms with van der Waals surface area (Å²) in [6.07, 6.45) is 0. The van der Waals surface area contributed by atoms with E-state index in [-0.39, 0.29) is 12.4 Å². The van der Waals surface area contributed by atoms with Gasteiger partial charge in [-0.05, 0) is 26.2 Å². The van der Waals surface area contributed by atoms with Crippen LogP contribution >= 0.6 is 15.9 Å². The highest BCUT2D eigenvalue weighted by Gasteiger charge is 2.13. The second kappa shape index (κ2) is 7.57. The van der Waals surface area contributed by atoms with E-state index < -0.39 is 5.97 Å². The quantitative estimate of drug-likeness (QED) is 0.829. The first-order valence-electron chi connectivity index (χ1n) is 5.91. The molecule has 0 amide bonds. The number of carboxylic acid groups (broad SMARTS) is 1. The van der Waals surface area contributed by atoms with Gasteiger partial charge in [0.1, 0.15) is 5.82 Å². The topological polar surface area (TPSA) is 43.8 Å². The molecule has 1 N–H and O–H groups in total. The Hall–Kier alpha value is -0.980. The number of halogens is 2. The number of carbonyl (C=O) groups is 1. The summed E-state index contributed by atoms with van der Waals surface area (Å²) >= 11 is 3.20. The van der Waals surface area contributed by atoms with Crippen molar-refractivity contribution < 1.29 is 14.3 Å². The molecule has 0 saturated carbocycles. The van der Waals surface area contributed by atoms with Crippen molar-refractivity contribution >= 4 is 21.9 Å². The summed E-state index contributed by atoms with van der Waals surface area (Å²) in [6, 6.07) is 4.81. The van der Waals surface area contributed by atoms with Crippen LogP contribution in [0.4, 0.5) is 4.39 Å². The minimum absolute atomic E-state index is 0.0939. The fourth-order valence-electron chi connectivity index (χ4n) is 1.64. The molecule has 106 valence electrons. The molecule has 0 atom stereocenters. The lowest BCUT2D eigenvalue weighted by molar-refractivity contribution is -0.138. The highest BCUT2D eigenvalue weighted by atomic mass is 79.9. The largest absolute Gasteiger partial charge is 0.480 e. The number of hydrogen-bond donors (Lipinski definition) is 1. The highest BCUT2D eigenvalue weighted by molar-refractivity contribution is 9.10. The number of hydrogen-bond acceptors (Lipinski definition) is 3. The fraction of sp³-hybridized carbons (Fsp3) is 0.462. The number of carboxylic acids is 1. The van der Waals surface area contributed by atoms with Gasteiger partial charge in [0.2, 0.25) is 0 Å². The van der Waals surface area contributed by atoms with Crippen LogP contribution in [-0.4, -0.2) is 54.6 Å². The number of aliphatic carboxylic acids is 1. The molecule has 0 aliphatic rings. The highest BCUT2D eigenvalue weighted by Crippen LogP contribution is 2.16. The first-order valence-corrected chi connectivity index (χ1v) is 6.70.